The first kappa shape index (κ1) is 22.5. The van der Waals surface area contributed by atoms with Crippen molar-refractivity contribution in [3.8, 4) is 0 Å². The third-order valence-electron chi connectivity index (χ3n) is 9.53. The first-order chi connectivity index (χ1) is 17.7. The Morgan fingerprint density at radius 3 is 1.92 bits per heavy atom. The van der Waals surface area contributed by atoms with Gasteiger partial charge in [0, 0.05) is 22.2 Å². The minimum absolute atomic E-state index is 0.0131. The van der Waals surface area contributed by atoms with Crippen molar-refractivity contribution in [3.05, 3.63) is 95.6 Å². The standard InChI is InChI=1S/C33H34N4/c1-19(2)22-12-15-24(16-13-22)36-29-30(35-27-11-9-8-10-26(27)34-29)37-28-17-14-23(20(3)4)18-25(28)32(6)21(5)33(32,7)31(36)37/h8-20,31H,5H2,1-4,6-7H3. The monoisotopic (exact) mass is 486 g/mol. The Morgan fingerprint density at radius 2 is 1.32 bits per heavy atom. The van der Waals surface area contributed by atoms with E-state index in [1.165, 1.54) is 28.0 Å². The molecule has 186 valence electrons. The summed E-state index contributed by atoms with van der Waals surface area (Å²) in [6.45, 7) is 18.5. The summed E-state index contributed by atoms with van der Waals surface area (Å²) < 4.78 is 0. The van der Waals surface area contributed by atoms with Crippen LogP contribution in [0.5, 0.6) is 0 Å². The summed E-state index contributed by atoms with van der Waals surface area (Å²) in [5, 5.41) is 0. The Balaban J connectivity index is 1.52. The Kier molecular flexibility index (Phi) is 4.40. The van der Waals surface area contributed by atoms with Crippen LogP contribution in [0.3, 0.4) is 0 Å². The number of nitrogens with zero attached hydrogens (tertiary/aromatic N) is 4. The molecule has 0 amide bonds. The van der Waals surface area contributed by atoms with Gasteiger partial charge in [-0.2, -0.15) is 0 Å². The predicted molar refractivity (Wildman–Crippen MR) is 153 cm³/mol. The number of hydrogen-bond acceptors (Lipinski definition) is 4. The van der Waals surface area contributed by atoms with E-state index in [1.807, 2.05) is 12.1 Å². The molecule has 0 bridgehead atoms. The fraction of sp³-hybridized carbons (Fsp3) is 0.333. The van der Waals surface area contributed by atoms with Crippen molar-refractivity contribution in [1.29, 1.82) is 0 Å². The molecule has 0 saturated heterocycles. The molecule has 37 heavy (non-hydrogen) atoms. The predicted octanol–water partition coefficient (Wildman–Crippen LogP) is 8.34. The summed E-state index contributed by atoms with van der Waals surface area (Å²) in [7, 11) is 0. The second kappa shape index (κ2) is 7.22. The summed E-state index contributed by atoms with van der Waals surface area (Å²) in [5.41, 5.74) is 9.31. The van der Waals surface area contributed by atoms with Gasteiger partial charge in [-0.05, 0) is 58.9 Å². The molecule has 2 aliphatic heterocycles. The smallest absolute Gasteiger partial charge is 0.179 e. The van der Waals surface area contributed by atoms with E-state index in [4.69, 9.17) is 9.97 Å². The van der Waals surface area contributed by atoms with Crippen molar-refractivity contribution in [1.82, 2.24) is 9.97 Å². The number of benzene rings is 3. The normalized spacial score (nSPS) is 25.4. The van der Waals surface area contributed by atoms with E-state index in [9.17, 15) is 0 Å². The van der Waals surface area contributed by atoms with Crippen LogP contribution >= 0.6 is 0 Å². The topological polar surface area (TPSA) is 32.3 Å². The molecule has 0 spiro atoms. The summed E-state index contributed by atoms with van der Waals surface area (Å²) in [6, 6.07) is 24.2. The molecule has 4 nitrogen and oxygen atoms in total. The molecule has 4 heteroatoms. The fourth-order valence-electron chi connectivity index (χ4n) is 6.88. The zero-order valence-electron chi connectivity index (χ0n) is 22.6. The lowest BCUT2D eigenvalue weighted by Gasteiger charge is -2.43. The first-order valence-electron chi connectivity index (χ1n) is 13.5. The number of para-hydroxylation sites is 2. The Morgan fingerprint density at radius 1 is 0.757 bits per heavy atom. The van der Waals surface area contributed by atoms with Gasteiger partial charge in [0.25, 0.3) is 0 Å². The molecule has 3 aliphatic rings. The summed E-state index contributed by atoms with van der Waals surface area (Å²) in [5.74, 6) is 2.81. The lowest BCUT2D eigenvalue weighted by atomic mass is 9.80. The highest BCUT2D eigenvalue weighted by atomic mass is 15.5. The molecule has 3 aromatic carbocycles. The van der Waals surface area contributed by atoms with Gasteiger partial charge in [0.1, 0.15) is 6.17 Å². The van der Waals surface area contributed by atoms with E-state index < -0.39 is 0 Å². The van der Waals surface area contributed by atoms with Gasteiger partial charge < -0.3 is 9.80 Å². The largest absolute Gasteiger partial charge is 0.301 e. The van der Waals surface area contributed by atoms with Crippen LogP contribution in [0.4, 0.5) is 23.0 Å². The molecule has 0 radical (unpaired) electrons. The maximum absolute atomic E-state index is 5.24. The van der Waals surface area contributed by atoms with Crippen LogP contribution in [0.1, 0.15) is 70.1 Å². The van der Waals surface area contributed by atoms with Gasteiger partial charge in [-0.15, -0.1) is 0 Å². The van der Waals surface area contributed by atoms with Gasteiger partial charge in [0.05, 0.1) is 11.0 Å². The molecule has 1 saturated carbocycles. The van der Waals surface area contributed by atoms with Gasteiger partial charge in [-0.1, -0.05) is 90.1 Å². The SMILES string of the molecule is C=C1C2(C)c3cc(C(C)C)ccc3N3c4nc5ccccc5nc4N(c4ccc(C(C)C)cc4)C3C12C. The van der Waals surface area contributed by atoms with Crippen molar-refractivity contribution in [3.63, 3.8) is 0 Å². The maximum Gasteiger partial charge on any atom is 0.179 e. The average molecular weight is 487 g/mol. The van der Waals surface area contributed by atoms with E-state index in [1.54, 1.807) is 0 Å². The van der Waals surface area contributed by atoms with E-state index >= 15 is 0 Å². The molecule has 1 aromatic heterocycles. The fourth-order valence-corrected chi connectivity index (χ4v) is 6.88. The number of hydrogen-bond donors (Lipinski definition) is 0. The van der Waals surface area contributed by atoms with Crippen molar-refractivity contribution in [2.75, 3.05) is 9.80 Å². The summed E-state index contributed by atoms with van der Waals surface area (Å²) >= 11 is 0. The van der Waals surface area contributed by atoms with Crippen LogP contribution in [-0.4, -0.2) is 16.1 Å². The minimum atomic E-state index is -0.152. The van der Waals surface area contributed by atoms with Gasteiger partial charge >= 0.3 is 0 Å². The van der Waals surface area contributed by atoms with Crippen molar-refractivity contribution < 1.29 is 0 Å². The lowest BCUT2D eigenvalue weighted by molar-refractivity contribution is 0.376. The van der Waals surface area contributed by atoms with Crippen LogP contribution < -0.4 is 9.80 Å². The van der Waals surface area contributed by atoms with Gasteiger partial charge in [-0.25, -0.2) is 9.97 Å². The quantitative estimate of drug-likeness (QED) is 0.272. The van der Waals surface area contributed by atoms with Gasteiger partial charge in [0.15, 0.2) is 11.6 Å². The van der Waals surface area contributed by atoms with E-state index in [0.717, 1.165) is 28.4 Å². The third-order valence-corrected chi connectivity index (χ3v) is 9.53. The van der Waals surface area contributed by atoms with E-state index in [-0.39, 0.29) is 17.0 Å². The molecule has 4 aromatic rings. The van der Waals surface area contributed by atoms with E-state index in [2.05, 4.69) is 113 Å². The van der Waals surface area contributed by atoms with Crippen molar-refractivity contribution in [2.24, 2.45) is 5.41 Å². The third kappa shape index (κ3) is 2.68. The summed E-state index contributed by atoms with van der Waals surface area (Å²) in [6.07, 6.45) is 0.0131. The molecule has 3 atom stereocenters. The molecule has 1 fully saturated rings. The number of anilines is 4. The number of fused-ring (bicyclic) bond motifs is 9. The molecule has 7 rings (SSSR count). The highest BCUT2D eigenvalue weighted by Gasteiger charge is 2.76. The molecule has 3 unspecified atom stereocenters. The second-order valence-corrected chi connectivity index (χ2v) is 12.0. The molecular weight excluding hydrogens is 452 g/mol. The second-order valence-electron chi connectivity index (χ2n) is 12.0. The highest BCUT2D eigenvalue weighted by Crippen LogP contribution is 2.77. The highest BCUT2D eigenvalue weighted by molar-refractivity contribution is 5.94. The van der Waals surface area contributed by atoms with Crippen LogP contribution in [0.15, 0.2) is 78.9 Å². The van der Waals surface area contributed by atoms with Crippen LogP contribution in [0.2, 0.25) is 0 Å². The first-order valence-corrected chi connectivity index (χ1v) is 13.5. The zero-order valence-corrected chi connectivity index (χ0v) is 22.6. The van der Waals surface area contributed by atoms with Crippen LogP contribution in [-0.2, 0) is 5.41 Å². The van der Waals surface area contributed by atoms with Crippen molar-refractivity contribution >= 4 is 34.0 Å². The van der Waals surface area contributed by atoms with E-state index in [0.29, 0.717) is 11.8 Å². The molecular formula is C33H34N4. The van der Waals surface area contributed by atoms with Gasteiger partial charge in [0.2, 0.25) is 0 Å². The Labute approximate surface area is 219 Å². The average Bonchev–Trinajstić information content (AvgIpc) is 3.18. The zero-order chi connectivity index (χ0) is 25.9. The maximum atomic E-state index is 5.24. The lowest BCUT2D eigenvalue weighted by Crippen LogP contribution is -2.50. The van der Waals surface area contributed by atoms with Gasteiger partial charge in [-0.3, -0.25) is 0 Å². The minimum Gasteiger partial charge on any atom is -0.301 e. The van der Waals surface area contributed by atoms with Crippen molar-refractivity contribution in [2.45, 2.75) is 65.0 Å². The Hall–Kier alpha value is -3.66. The summed E-state index contributed by atoms with van der Waals surface area (Å²) in [4.78, 5) is 15.4. The van der Waals surface area contributed by atoms with Crippen LogP contribution in [0.25, 0.3) is 11.0 Å². The molecule has 3 heterocycles. The Bertz CT molecular complexity index is 1600. The molecule has 0 N–H and O–H groups in total. The van der Waals surface area contributed by atoms with Crippen LogP contribution in [0, 0.1) is 5.41 Å². The number of aromatic nitrogens is 2. The molecule has 1 aliphatic carbocycles. The number of rotatable bonds is 3.